The number of nitrogens with zero attached hydrogens (tertiary/aromatic N) is 2. The van der Waals surface area contributed by atoms with Crippen LogP contribution in [0.2, 0.25) is 0 Å². The van der Waals surface area contributed by atoms with Gasteiger partial charge in [-0.1, -0.05) is 6.92 Å². The van der Waals surface area contributed by atoms with Crippen LogP contribution in [0.1, 0.15) is 42.0 Å². The van der Waals surface area contributed by atoms with E-state index in [0.717, 1.165) is 16.5 Å². The molecule has 0 radical (unpaired) electrons. The lowest BCUT2D eigenvalue weighted by molar-refractivity contribution is -0.172. The number of hydrogen-bond acceptors (Lipinski definition) is 7. The van der Waals surface area contributed by atoms with E-state index >= 15 is 0 Å². The number of aromatic hydroxyl groups is 1. The van der Waals surface area contributed by atoms with E-state index in [9.17, 15) is 24.0 Å². The number of thiol groups is 1. The molecule has 2 N–H and O–H groups in total. The Kier molecular flexibility index (Phi) is 5.18. The summed E-state index contributed by atoms with van der Waals surface area (Å²) in [6.07, 6.45) is 4.95. The molecule has 4 heterocycles. The van der Waals surface area contributed by atoms with E-state index < -0.39 is 21.5 Å². The number of rotatable bonds is 5. The zero-order chi connectivity index (χ0) is 24.4. The molecular formula is C25H28N2O6S. The summed E-state index contributed by atoms with van der Waals surface area (Å²) in [6.45, 7) is 1.79. The van der Waals surface area contributed by atoms with Crippen LogP contribution in [0.4, 0.5) is 0 Å². The van der Waals surface area contributed by atoms with E-state index in [2.05, 4.69) is 0 Å². The standard InChI is InChI=1S/C25H28N2O6S/c1-4-25(31)19-11-21-22-17(12-27(21)23(29)18(19)13-33-24(25)30)15(6-5-9-34(2,3)32)16-10-14(28)7-8-20(16)26-22/h7-8,10-11,28,31,34H,4-6,9,12-13H2,1-3H3/t25-/m0/s1. The molecule has 0 bridgehead atoms. The van der Waals surface area contributed by atoms with Gasteiger partial charge in [-0.15, -0.1) is 9.93 Å². The van der Waals surface area contributed by atoms with Crippen LogP contribution in [0, 0.1) is 0 Å². The lowest BCUT2D eigenvalue weighted by Gasteiger charge is -2.31. The Labute approximate surface area is 197 Å². The number of aliphatic hydroxyl groups is 1. The molecule has 2 aromatic heterocycles. The molecule has 0 amide bonds. The number of aryl methyl sites for hydroxylation is 1. The Morgan fingerprint density at radius 2 is 1.97 bits per heavy atom. The van der Waals surface area contributed by atoms with Crippen molar-refractivity contribution in [3.63, 3.8) is 0 Å². The zero-order valence-electron chi connectivity index (χ0n) is 19.4. The number of carbonyl (C=O) groups is 1. The van der Waals surface area contributed by atoms with Crippen LogP contribution in [0.3, 0.4) is 0 Å². The van der Waals surface area contributed by atoms with Crippen LogP contribution in [-0.2, 0) is 44.6 Å². The van der Waals surface area contributed by atoms with Crippen molar-refractivity contribution in [1.29, 1.82) is 0 Å². The summed E-state index contributed by atoms with van der Waals surface area (Å²) < 4.78 is 19.0. The fourth-order valence-corrected chi connectivity index (χ4v) is 5.99. The molecule has 2 aliphatic rings. The summed E-state index contributed by atoms with van der Waals surface area (Å²) in [6, 6.07) is 6.67. The number of benzene rings is 1. The van der Waals surface area contributed by atoms with Crippen molar-refractivity contribution in [2.45, 2.75) is 44.9 Å². The zero-order valence-corrected chi connectivity index (χ0v) is 20.3. The van der Waals surface area contributed by atoms with Gasteiger partial charge in [-0.25, -0.2) is 9.78 Å². The maximum Gasteiger partial charge on any atom is 0.343 e. The van der Waals surface area contributed by atoms with Gasteiger partial charge in [0.1, 0.15) is 12.4 Å². The molecule has 2 aliphatic heterocycles. The quantitative estimate of drug-likeness (QED) is 0.293. The van der Waals surface area contributed by atoms with Gasteiger partial charge >= 0.3 is 5.97 Å². The van der Waals surface area contributed by atoms with E-state index in [0.29, 0.717) is 42.0 Å². The van der Waals surface area contributed by atoms with Gasteiger partial charge < -0.3 is 19.5 Å². The molecule has 9 heteroatoms. The normalized spacial score (nSPS) is 19.5. The highest BCUT2D eigenvalue weighted by atomic mass is 32.2. The Balaban J connectivity index is 1.73. The van der Waals surface area contributed by atoms with Crippen molar-refractivity contribution in [3.8, 4) is 17.1 Å². The van der Waals surface area contributed by atoms with Gasteiger partial charge in [0, 0.05) is 22.3 Å². The number of hydrogen-bond donors (Lipinski definition) is 3. The van der Waals surface area contributed by atoms with E-state index in [1.165, 1.54) is 0 Å². The maximum absolute atomic E-state index is 13.4. The molecule has 0 unspecified atom stereocenters. The van der Waals surface area contributed by atoms with Crippen molar-refractivity contribution >= 4 is 26.8 Å². The number of esters is 1. The van der Waals surface area contributed by atoms with Gasteiger partial charge in [0.05, 0.1) is 29.0 Å². The number of phenols is 1. The smallest absolute Gasteiger partial charge is 0.343 e. The number of pyridine rings is 2. The fraction of sp³-hybridized carbons (Fsp3) is 0.400. The number of aromatic nitrogens is 2. The van der Waals surface area contributed by atoms with Crippen molar-refractivity contribution in [2.75, 3.05) is 18.3 Å². The molecule has 34 heavy (non-hydrogen) atoms. The fourth-order valence-electron chi connectivity index (χ4n) is 5.07. The average molecular weight is 485 g/mol. The second kappa shape index (κ2) is 7.74. The van der Waals surface area contributed by atoms with Gasteiger partial charge in [-0.05, 0) is 61.6 Å². The predicted molar refractivity (Wildman–Crippen MR) is 131 cm³/mol. The number of carbonyl (C=O) groups excluding carboxylic acids is 1. The first-order valence-electron chi connectivity index (χ1n) is 11.4. The van der Waals surface area contributed by atoms with E-state index in [4.69, 9.17) is 9.72 Å². The number of phenolic OH excluding ortho intramolecular Hbond substituents is 1. The third-order valence-corrected chi connectivity index (χ3v) is 8.31. The minimum Gasteiger partial charge on any atom is -0.508 e. The average Bonchev–Trinajstić information content (AvgIpc) is 3.14. The Morgan fingerprint density at radius 1 is 1.21 bits per heavy atom. The first-order valence-corrected chi connectivity index (χ1v) is 14.2. The highest BCUT2D eigenvalue weighted by Gasteiger charge is 2.45. The van der Waals surface area contributed by atoms with Crippen LogP contribution in [-0.4, -0.2) is 48.2 Å². The molecule has 180 valence electrons. The Hall–Kier alpha value is -3.04. The lowest BCUT2D eigenvalue weighted by atomic mass is 9.86. The largest absolute Gasteiger partial charge is 0.508 e. The van der Waals surface area contributed by atoms with Crippen molar-refractivity contribution in [2.24, 2.45) is 0 Å². The van der Waals surface area contributed by atoms with E-state index in [1.54, 1.807) is 48.3 Å². The first kappa shape index (κ1) is 22.7. The number of fused-ring (bicyclic) bond motifs is 5. The second-order valence-electron chi connectivity index (χ2n) is 9.62. The van der Waals surface area contributed by atoms with Gasteiger partial charge in [-0.2, -0.15) is 0 Å². The van der Waals surface area contributed by atoms with Crippen LogP contribution < -0.4 is 5.56 Å². The summed E-state index contributed by atoms with van der Waals surface area (Å²) in [4.78, 5) is 30.6. The monoisotopic (exact) mass is 484 g/mol. The summed E-state index contributed by atoms with van der Waals surface area (Å²) in [5.74, 6) is -0.0376. The Bertz CT molecular complexity index is 1470. The van der Waals surface area contributed by atoms with E-state index in [1.807, 2.05) is 0 Å². The highest BCUT2D eigenvalue weighted by Crippen LogP contribution is 2.40. The molecule has 3 aromatic rings. The topological polar surface area (TPSA) is 119 Å². The lowest BCUT2D eigenvalue weighted by Crippen LogP contribution is -2.44. The Morgan fingerprint density at radius 3 is 2.68 bits per heavy atom. The summed E-state index contributed by atoms with van der Waals surface area (Å²) in [5.41, 5.74) is 2.05. The van der Waals surface area contributed by atoms with Crippen molar-refractivity contribution < 1.29 is 24.0 Å². The summed E-state index contributed by atoms with van der Waals surface area (Å²) in [5, 5.41) is 22.0. The molecule has 0 fully saturated rings. The molecule has 0 saturated carbocycles. The van der Waals surface area contributed by atoms with Crippen molar-refractivity contribution in [1.82, 2.24) is 9.55 Å². The minimum absolute atomic E-state index is 0.0817. The van der Waals surface area contributed by atoms with Gasteiger partial charge in [0.25, 0.3) is 5.56 Å². The van der Waals surface area contributed by atoms with Crippen LogP contribution in [0.25, 0.3) is 22.3 Å². The maximum atomic E-state index is 13.4. The molecule has 1 aromatic carbocycles. The number of cyclic esters (lactones) is 1. The van der Waals surface area contributed by atoms with Gasteiger partial charge in [0.15, 0.2) is 5.60 Å². The van der Waals surface area contributed by atoms with Gasteiger partial charge in [0.2, 0.25) is 0 Å². The van der Waals surface area contributed by atoms with E-state index in [-0.39, 0.29) is 35.5 Å². The predicted octanol–water partition coefficient (Wildman–Crippen LogP) is 1.99. The third-order valence-electron chi connectivity index (χ3n) is 6.91. The molecular weight excluding hydrogens is 456 g/mol. The highest BCUT2D eigenvalue weighted by molar-refractivity contribution is 8.01. The van der Waals surface area contributed by atoms with Crippen LogP contribution in [0.15, 0.2) is 29.1 Å². The summed E-state index contributed by atoms with van der Waals surface area (Å²) >= 11 is 0. The molecule has 5 rings (SSSR count). The molecule has 8 nitrogen and oxygen atoms in total. The SMILES string of the molecule is CC[C@@]1(O)C(=O)OCc2c1cc1n(c2=O)Cc2c-1nc1ccc(O)cc1c2CCC[SH](C)(C)=O. The summed E-state index contributed by atoms with van der Waals surface area (Å²) in [7, 11) is -2.19. The molecule has 0 spiro atoms. The molecule has 0 aliphatic carbocycles. The third kappa shape index (κ3) is 3.45. The van der Waals surface area contributed by atoms with Crippen molar-refractivity contribution in [3.05, 3.63) is 56.9 Å². The number of ether oxygens (including phenoxy) is 1. The van der Waals surface area contributed by atoms with Crippen LogP contribution in [0.5, 0.6) is 5.75 Å². The molecule has 0 saturated heterocycles. The van der Waals surface area contributed by atoms with Crippen LogP contribution >= 0.6 is 0 Å². The molecule has 1 atom stereocenters. The second-order valence-corrected chi connectivity index (χ2v) is 13.2. The minimum atomic E-state index is -2.19. The first-order chi connectivity index (χ1) is 16.0. The van der Waals surface area contributed by atoms with Gasteiger partial charge in [-0.3, -0.25) is 9.00 Å².